The van der Waals surface area contributed by atoms with Crippen LogP contribution in [0.25, 0.3) is 0 Å². The summed E-state index contributed by atoms with van der Waals surface area (Å²) in [7, 11) is 0. The molecule has 0 bridgehead atoms. The monoisotopic (exact) mass is 311 g/mol. The van der Waals surface area contributed by atoms with Crippen molar-refractivity contribution in [3.63, 3.8) is 0 Å². The van der Waals surface area contributed by atoms with Crippen LogP contribution in [-0.2, 0) is 4.79 Å². The number of halogens is 1. The summed E-state index contributed by atoms with van der Waals surface area (Å²) in [5.74, 6) is 0.164. The van der Waals surface area contributed by atoms with E-state index in [1.165, 1.54) is 44.9 Å². The maximum absolute atomic E-state index is 10.9. The van der Waals surface area contributed by atoms with Crippen LogP contribution >= 0.6 is 22.9 Å². The fourth-order valence-corrected chi connectivity index (χ4v) is 1.74. The SMILES string of the molecule is CCCCCCCCCCC(=O)NI. The number of hydrogen-bond donors (Lipinski definition) is 1. The standard InChI is InChI=1S/C11H22INO/c1-2-3-4-5-6-7-8-9-10-11(14)13-12/h2-10H2,1H3,(H,13,14). The highest BCUT2D eigenvalue weighted by atomic mass is 127. The Morgan fingerprint density at radius 3 is 2.00 bits per heavy atom. The minimum atomic E-state index is 0.164. The van der Waals surface area contributed by atoms with Gasteiger partial charge < -0.3 is 0 Å². The van der Waals surface area contributed by atoms with Crippen molar-refractivity contribution in [1.29, 1.82) is 0 Å². The molecule has 0 saturated carbocycles. The highest BCUT2D eigenvalue weighted by Gasteiger charge is 1.97. The molecule has 0 fully saturated rings. The molecule has 3 heteroatoms. The number of rotatable bonds is 9. The van der Waals surface area contributed by atoms with Gasteiger partial charge in [-0.05, 0) is 6.42 Å². The summed E-state index contributed by atoms with van der Waals surface area (Å²) in [6.07, 6.45) is 11.0. The van der Waals surface area contributed by atoms with Crippen LogP contribution in [0, 0.1) is 0 Å². The lowest BCUT2D eigenvalue weighted by atomic mass is 10.1. The van der Waals surface area contributed by atoms with Crippen molar-refractivity contribution in [2.75, 3.05) is 0 Å². The third-order valence-corrected chi connectivity index (χ3v) is 2.96. The van der Waals surface area contributed by atoms with E-state index in [0.717, 1.165) is 6.42 Å². The molecule has 0 spiro atoms. The fourth-order valence-electron chi connectivity index (χ4n) is 1.47. The lowest BCUT2D eigenvalue weighted by Gasteiger charge is -2.00. The topological polar surface area (TPSA) is 29.1 Å². The molecule has 0 aliphatic rings. The van der Waals surface area contributed by atoms with Crippen molar-refractivity contribution in [3.8, 4) is 0 Å². The van der Waals surface area contributed by atoms with Gasteiger partial charge in [0.05, 0.1) is 22.9 Å². The molecule has 0 aliphatic heterocycles. The minimum Gasteiger partial charge on any atom is -0.299 e. The Bertz CT molecular complexity index is 139. The molecule has 0 aromatic carbocycles. The lowest BCUT2D eigenvalue weighted by molar-refractivity contribution is -0.118. The molecular formula is C11H22INO. The highest BCUT2D eigenvalue weighted by Crippen LogP contribution is 2.09. The lowest BCUT2D eigenvalue weighted by Crippen LogP contribution is -2.10. The van der Waals surface area contributed by atoms with Gasteiger partial charge >= 0.3 is 0 Å². The van der Waals surface area contributed by atoms with Crippen molar-refractivity contribution < 1.29 is 4.79 Å². The van der Waals surface area contributed by atoms with Crippen LogP contribution in [0.2, 0.25) is 0 Å². The zero-order valence-corrected chi connectivity index (χ0v) is 11.3. The van der Waals surface area contributed by atoms with Crippen LogP contribution in [0.5, 0.6) is 0 Å². The largest absolute Gasteiger partial charge is 0.299 e. The minimum absolute atomic E-state index is 0.164. The van der Waals surface area contributed by atoms with Gasteiger partial charge in [-0.1, -0.05) is 51.9 Å². The molecule has 0 unspecified atom stereocenters. The number of amides is 1. The van der Waals surface area contributed by atoms with Crippen molar-refractivity contribution in [1.82, 2.24) is 3.53 Å². The summed E-state index contributed by atoms with van der Waals surface area (Å²) in [6.45, 7) is 2.24. The Labute approximate surface area is 102 Å². The van der Waals surface area contributed by atoms with E-state index in [9.17, 15) is 4.79 Å². The van der Waals surface area contributed by atoms with Crippen molar-refractivity contribution >= 4 is 28.8 Å². The fraction of sp³-hybridized carbons (Fsp3) is 0.909. The second-order valence-corrected chi connectivity index (χ2v) is 4.28. The maximum Gasteiger partial charge on any atom is 0.228 e. The molecule has 0 aliphatic carbocycles. The zero-order chi connectivity index (χ0) is 10.6. The zero-order valence-electron chi connectivity index (χ0n) is 9.15. The third-order valence-electron chi connectivity index (χ3n) is 2.36. The first-order valence-corrected chi connectivity index (χ1v) is 6.78. The van der Waals surface area contributed by atoms with E-state index < -0.39 is 0 Å². The van der Waals surface area contributed by atoms with E-state index in [4.69, 9.17) is 0 Å². The molecule has 0 rings (SSSR count). The van der Waals surface area contributed by atoms with E-state index in [0.29, 0.717) is 6.42 Å². The number of carbonyl (C=O) groups excluding carboxylic acids is 1. The Morgan fingerprint density at radius 1 is 1.00 bits per heavy atom. The van der Waals surface area contributed by atoms with Crippen molar-refractivity contribution in [2.24, 2.45) is 0 Å². The molecule has 0 aromatic rings. The molecule has 84 valence electrons. The molecule has 14 heavy (non-hydrogen) atoms. The summed E-state index contributed by atoms with van der Waals surface area (Å²) in [4.78, 5) is 10.9. The number of nitrogens with one attached hydrogen (secondary N) is 1. The maximum atomic E-state index is 10.9. The van der Waals surface area contributed by atoms with Crippen molar-refractivity contribution in [2.45, 2.75) is 64.7 Å². The molecule has 0 heterocycles. The van der Waals surface area contributed by atoms with Crippen LogP contribution in [0.3, 0.4) is 0 Å². The molecule has 2 nitrogen and oxygen atoms in total. The highest BCUT2D eigenvalue weighted by molar-refractivity contribution is 14.1. The second-order valence-electron chi connectivity index (χ2n) is 3.74. The normalized spacial score (nSPS) is 10.1. The average molecular weight is 311 g/mol. The van der Waals surface area contributed by atoms with E-state index in [1.807, 2.05) is 22.9 Å². The molecule has 1 N–H and O–H groups in total. The van der Waals surface area contributed by atoms with Gasteiger partial charge in [0.25, 0.3) is 0 Å². The van der Waals surface area contributed by atoms with Gasteiger partial charge in [0, 0.05) is 6.42 Å². The first-order chi connectivity index (χ1) is 6.81. The van der Waals surface area contributed by atoms with Gasteiger partial charge in [0.2, 0.25) is 5.91 Å². The van der Waals surface area contributed by atoms with Gasteiger partial charge in [0.1, 0.15) is 0 Å². The summed E-state index contributed by atoms with van der Waals surface area (Å²) in [6, 6.07) is 0. The molecule has 0 atom stereocenters. The predicted octanol–water partition coefficient (Wildman–Crippen LogP) is 3.98. The van der Waals surface area contributed by atoms with Crippen molar-refractivity contribution in [3.05, 3.63) is 0 Å². The van der Waals surface area contributed by atoms with E-state index >= 15 is 0 Å². The van der Waals surface area contributed by atoms with E-state index in [-0.39, 0.29) is 5.91 Å². The van der Waals surface area contributed by atoms with Gasteiger partial charge in [0.15, 0.2) is 0 Å². The van der Waals surface area contributed by atoms with E-state index in [1.54, 1.807) is 0 Å². The van der Waals surface area contributed by atoms with E-state index in [2.05, 4.69) is 10.5 Å². The first-order valence-electron chi connectivity index (χ1n) is 5.70. The Hall–Kier alpha value is 0.200. The molecule has 0 aromatic heterocycles. The van der Waals surface area contributed by atoms with Gasteiger partial charge in [-0.15, -0.1) is 0 Å². The van der Waals surface area contributed by atoms with Crippen LogP contribution in [-0.4, -0.2) is 5.91 Å². The molecule has 0 saturated heterocycles. The Morgan fingerprint density at radius 2 is 1.50 bits per heavy atom. The molecule has 1 amide bonds. The Balaban J connectivity index is 2.95. The molecular weight excluding hydrogens is 289 g/mol. The average Bonchev–Trinajstić information content (AvgIpc) is 2.21. The smallest absolute Gasteiger partial charge is 0.228 e. The van der Waals surface area contributed by atoms with Crippen LogP contribution in [0.4, 0.5) is 0 Å². The van der Waals surface area contributed by atoms with Crippen LogP contribution in [0.15, 0.2) is 0 Å². The van der Waals surface area contributed by atoms with Gasteiger partial charge in [-0.2, -0.15) is 0 Å². The van der Waals surface area contributed by atoms with Gasteiger partial charge in [-0.25, -0.2) is 0 Å². The van der Waals surface area contributed by atoms with Crippen LogP contribution < -0.4 is 3.53 Å². The number of hydrogen-bond acceptors (Lipinski definition) is 1. The quantitative estimate of drug-likeness (QED) is 0.389. The van der Waals surface area contributed by atoms with Crippen LogP contribution in [0.1, 0.15) is 64.7 Å². The summed E-state index contributed by atoms with van der Waals surface area (Å²) >= 11 is 1.90. The second kappa shape index (κ2) is 11.3. The van der Waals surface area contributed by atoms with Gasteiger partial charge in [-0.3, -0.25) is 8.32 Å². The first kappa shape index (κ1) is 14.2. The summed E-state index contributed by atoms with van der Waals surface area (Å²) in [5.41, 5.74) is 0. The number of unbranched alkanes of at least 4 members (excludes halogenated alkanes) is 7. The predicted molar refractivity (Wildman–Crippen MR) is 69.4 cm³/mol. The Kier molecular flexibility index (Phi) is 11.4. The third kappa shape index (κ3) is 10.3. The number of carbonyl (C=O) groups is 1. The molecule has 0 radical (unpaired) electrons. The summed E-state index contributed by atoms with van der Waals surface area (Å²) < 4.78 is 2.61. The summed E-state index contributed by atoms with van der Waals surface area (Å²) in [5, 5.41) is 0.